The molecule has 0 spiro atoms. The Hall–Kier alpha value is -4.69. The zero-order valence-corrected chi connectivity index (χ0v) is 29.9. The molecule has 1 aliphatic rings. The average molecular weight is 718 g/mol. The number of fused-ring (bicyclic) bond motifs is 4. The van der Waals surface area contributed by atoms with Crippen molar-refractivity contribution < 1.29 is 19.2 Å². The zero-order chi connectivity index (χ0) is 35.5. The minimum Gasteiger partial charge on any atom is -0.351 e. The van der Waals surface area contributed by atoms with E-state index in [0.29, 0.717) is 55.3 Å². The van der Waals surface area contributed by atoms with Gasteiger partial charge in [-0.05, 0) is 43.2 Å². The van der Waals surface area contributed by atoms with Crippen LogP contribution in [0.1, 0.15) is 94.6 Å². The second-order valence-corrected chi connectivity index (χ2v) is 14.5. The molecule has 5 rings (SSSR count). The van der Waals surface area contributed by atoms with Crippen LogP contribution in [0.15, 0.2) is 70.3 Å². The Morgan fingerprint density at radius 1 is 0.860 bits per heavy atom. The van der Waals surface area contributed by atoms with Crippen LogP contribution in [0.4, 0.5) is 0 Å². The molecule has 0 unspecified atom stereocenters. The molecule has 50 heavy (non-hydrogen) atoms. The van der Waals surface area contributed by atoms with E-state index in [1.165, 1.54) is 33.3 Å². The monoisotopic (exact) mass is 717 g/mol. The van der Waals surface area contributed by atoms with E-state index in [1.807, 2.05) is 30.3 Å². The molecular weight excluding hydrogens is 675 g/mol. The lowest BCUT2D eigenvalue weighted by Crippen LogP contribution is -2.37. The van der Waals surface area contributed by atoms with E-state index in [9.17, 15) is 24.0 Å². The lowest BCUT2D eigenvalue weighted by Gasteiger charge is -2.23. The topological polar surface area (TPSA) is 155 Å². The van der Waals surface area contributed by atoms with Gasteiger partial charge < -0.3 is 25.4 Å². The molecule has 4 bridgehead atoms. The highest BCUT2D eigenvalue weighted by Crippen LogP contribution is 2.27. The molecular formula is C36H43N7O5S2. The minimum atomic E-state index is -0.506. The number of nitrogens with zero attached hydrogens (tertiary/aromatic N) is 4. The summed E-state index contributed by atoms with van der Waals surface area (Å²) in [5.41, 5.74) is 1.32. The number of aromatic nitrogens is 3. The lowest BCUT2D eigenvalue weighted by atomic mass is 10.0. The maximum absolute atomic E-state index is 13.6. The molecule has 0 fully saturated rings. The number of rotatable bonds is 7. The molecule has 264 valence electrons. The summed E-state index contributed by atoms with van der Waals surface area (Å²) in [5, 5.41) is 13.7. The Morgan fingerprint density at radius 2 is 1.54 bits per heavy atom. The fraction of sp³-hybridized carbons (Fsp3) is 0.417. The highest BCUT2D eigenvalue weighted by molar-refractivity contribution is 7.10. The second kappa shape index (κ2) is 17.8. The molecule has 4 amide bonds. The van der Waals surface area contributed by atoms with Crippen molar-refractivity contribution in [1.29, 1.82) is 0 Å². The number of carbonyl (C=O) groups is 4. The Kier molecular flexibility index (Phi) is 13.0. The van der Waals surface area contributed by atoms with Crippen LogP contribution in [0.2, 0.25) is 0 Å². The van der Waals surface area contributed by atoms with Crippen LogP contribution in [0, 0.1) is 5.92 Å². The normalized spacial score (nSPS) is 18.1. The first kappa shape index (κ1) is 36.6. The lowest BCUT2D eigenvalue weighted by molar-refractivity contribution is -0.132. The Morgan fingerprint density at radius 3 is 2.26 bits per heavy atom. The first-order chi connectivity index (χ1) is 24.2. The number of carbonyl (C=O) groups excluding carboxylic acids is 4. The summed E-state index contributed by atoms with van der Waals surface area (Å²) in [6.45, 7) is 5.40. The number of amides is 4. The maximum Gasteiger partial charge on any atom is 0.271 e. The number of pyridine rings is 1. The van der Waals surface area contributed by atoms with Crippen molar-refractivity contribution >= 4 is 46.3 Å². The number of thiazole rings is 2. The van der Waals surface area contributed by atoms with E-state index in [-0.39, 0.29) is 71.9 Å². The minimum absolute atomic E-state index is 0.129. The Balaban J connectivity index is 1.37. The van der Waals surface area contributed by atoms with Crippen LogP contribution >= 0.6 is 22.7 Å². The van der Waals surface area contributed by atoms with E-state index in [4.69, 9.17) is 0 Å². The van der Waals surface area contributed by atoms with Gasteiger partial charge >= 0.3 is 0 Å². The number of hydrogen-bond donors (Lipinski definition) is 3. The predicted octanol–water partition coefficient (Wildman–Crippen LogP) is 4.51. The first-order valence-corrected chi connectivity index (χ1v) is 18.7. The maximum atomic E-state index is 13.6. The van der Waals surface area contributed by atoms with Gasteiger partial charge in [-0.25, -0.2) is 9.97 Å². The van der Waals surface area contributed by atoms with E-state index in [1.54, 1.807) is 34.0 Å². The van der Waals surface area contributed by atoms with Crippen LogP contribution in [-0.2, 0) is 22.6 Å². The van der Waals surface area contributed by atoms with Crippen molar-refractivity contribution in [3.63, 3.8) is 0 Å². The number of aryl methyl sites for hydroxylation is 1. The van der Waals surface area contributed by atoms with Gasteiger partial charge in [-0.1, -0.05) is 50.2 Å². The van der Waals surface area contributed by atoms with Gasteiger partial charge in [0.15, 0.2) is 0 Å². The van der Waals surface area contributed by atoms with Crippen LogP contribution in [0.25, 0.3) is 0 Å². The van der Waals surface area contributed by atoms with Crippen LogP contribution in [-0.4, -0.2) is 62.7 Å². The van der Waals surface area contributed by atoms with Crippen LogP contribution < -0.4 is 21.5 Å². The highest BCUT2D eigenvalue weighted by atomic mass is 32.1. The smallest absolute Gasteiger partial charge is 0.271 e. The molecule has 4 heterocycles. The van der Waals surface area contributed by atoms with Gasteiger partial charge in [0.1, 0.15) is 21.4 Å². The molecule has 1 aliphatic heterocycles. The van der Waals surface area contributed by atoms with Crippen molar-refractivity contribution in [1.82, 2.24) is 35.4 Å². The van der Waals surface area contributed by atoms with Gasteiger partial charge in [-0.3, -0.25) is 24.0 Å². The number of hydrogen-bond acceptors (Lipinski definition) is 9. The van der Waals surface area contributed by atoms with Gasteiger partial charge in [0, 0.05) is 62.0 Å². The molecule has 0 radical (unpaired) electrons. The largest absolute Gasteiger partial charge is 0.351 e. The van der Waals surface area contributed by atoms with Crippen molar-refractivity contribution in [2.24, 2.45) is 5.92 Å². The summed E-state index contributed by atoms with van der Waals surface area (Å²) >= 11 is 2.63. The highest BCUT2D eigenvalue weighted by Gasteiger charge is 2.25. The van der Waals surface area contributed by atoms with Gasteiger partial charge in [-0.2, -0.15) is 0 Å². The van der Waals surface area contributed by atoms with Gasteiger partial charge in [0.25, 0.3) is 17.4 Å². The van der Waals surface area contributed by atoms with Gasteiger partial charge in [-0.15, -0.1) is 22.7 Å². The molecule has 0 saturated heterocycles. The third-order valence-electron chi connectivity index (χ3n) is 8.28. The van der Waals surface area contributed by atoms with Crippen molar-refractivity contribution in [2.75, 3.05) is 19.6 Å². The molecule has 0 saturated carbocycles. The Labute approximate surface area is 299 Å². The molecule has 4 aromatic rings. The summed E-state index contributed by atoms with van der Waals surface area (Å²) in [7, 11) is 0. The van der Waals surface area contributed by atoms with Crippen LogP contribution in [0.5, 0.6) is 0 Å². The fourth-order valence-electron chi connectivity index (χ4n) is 5.72. The molecule has 0 aliphatic carbocycles. The third-order valence-corrected chi connectivity index (χ3v) is 10.2. The average Bonchev–Trinajstić information content (AvgIpc) is 3.80. The SMILES string of the molecule is CC(C)C[C@@H]1NC(=O)CCCN(C(=O)CCn2ccccc2=O)CCCNC(=O)c2csc(n2)[C@H](Cc2ccccc2)NC(=O)c2csc1n2. The molecule has 3 aromatic heterocycles. The standard InChI is InChI=1S/C36H43N7O5S2/c1-24(2)20-26-35-41-29(23-50-35)34(48)39-27(21-25-10-4-3-5-11-25)36-40-28(22-49-36)33(47)37-15-9-18-42(17-8-12-30(44)38-26)32(46)14-19-43-16-7-6-13-31(43)45/h3-7,10-11,13,16,22-24,26-27H,8-9,12,14-15,17-21H2,1-2H3,(H,37,47)(H,38,44)(H,39,48)/t26-,27-/m0/s1. The van der Waals surface area contributed by atoms with Crippen molar-refractivity contribution in [3.05, 3.63) is 103 Å². The summed E-state index contributed by atoms with van der Waals surface area (Å²) in [4.78, 5) is 76.3. The number of nitrogens with one attached hydrogen (secondary N) is 3. The summed E-state index contributed by atoms with van der Waals surface area (Å²) in [6, 6.07) is 13.7. The fourth-order valence-corrected chi connectivity index (χ4v) is 7.43. The number of benzene rings is 1. The van der Waals surface area contributed by atoms with Gasteiger partial charge in [0.2, 0.25) is 11.8 Å². The molecule has 3 N–H and O–H groups in total. The van der Waals surface area contributed by atoms with Crippen LogP contribution in [0.3, 0.4) is 0 Å². The second-order valence-electron chi connectivity index (χ2n) is 12.7. The van der Waals surface area contributed by atoms with Gasteiger partial charge in [0.05, 0.1) is 12.1 Å². The molecule has 1 aromatic carbocycles. The zero-order valence-electron chi connectivity index (χ0n) is 28.3. The van der Waals surface area contributed by atoms with E-state index in [2.05, 4.69) is 39.8 Å². The molecule has 2 atom stereocenters. The van der Waals surface area contributed by atoms with E-state index >= 15 is 0 Å². The summed E-state index contributed by atoms with van der Waals surface area (Å²) in [5.74, 6) is -0.754. The van der Waals surface area contributed by atoms with Crippen molar-refractivity contribution in [3.8, 4) is 0 Å². The summed E-state index contributed by atoms with van der Waals surface area (Å²) < 4.78 is 1.50. The Bertz CT molecular complexity index is 1820. The first-order valence-electron chi connectivity index (χ1n) is 16.9. The quantitative estimate of drug-likeness (QED) is 0.254. The van der Waals surface area contributed by atoms with E-state index in [0.717, 1.165) is 5.56 Å². The summed E-state index contributed by atoms with van der Waals surface area (Å²) in [6.07, 6.45) is 4.00. The predicted molar refractivity (Wildman–Crippen MR) is 193 cm³/mol. The molecule has 14 heteroatoms. The van der Waals surface area contributed by atoms with E-state index < -0.39 is 6.04 Å². The molecule has 12 nitrogen and oxygen atoms in total. The van der Waals surface area contributed by atoms with Crippen molar-refractivity contribution in [2.45, 2.75) is 71.0 Å². The third kappa shape index (κ3) is 10.4.